The lowest BCUT2D eigenvalue weighted by molar-refractivity contribution is -0.135. The van der Waals surface area contributed by atoms with E-state index in [1.54, 1.807) is 16.7 Å². The van der Waals surface area contributed by atoms with Crippen LogP contribution in [0.4, 0.5) is 5.69 Å². The Morgan fingerprint density at radius 1 is 1.43 bits per heavy atom. The maximum absolute atomic E-state index is 12.6. The van der Waals surface area contributed by atoms with Crippen LogP contribution in [0, 0.1) is 13.8 Å². The van der Waals surface area contributed by atoms with Crippen LogP contribution in [0.15, 0.2) is 18.2 Å². The Morgan fingerprint density at radius 3 is 2.95 bits per heavy atom. The number of nitrogens with zero attached hydrogens (tertiary/aromatic N) is 1. The highest BCUT2D eigenvalue weighted by Crippen LogP contribution is 2.47. The van der Waals surface area contributed by atoms with Crippen molar-refractivity contribution in [1.29, 1.82) is 0 Å². The van der Waals surface area contributed by atoms with Gasteiger partial charge in [0.25, 0.3) is 0 Å². The molecule has 21 heavy (non-hydrogen) atoms. The van der Waals surface area contributed by atoms with Crippen molar-refractivity contribution in [3.05, 3.63) is 29.3 Å². The Balaban J connectivity index is 1.80. The molecule has 2 fully saturated rings. The molecule has 0 aliphatic carbocycles. The Hall–Kier alpha value is -1.49. The molecule has 2 aliphatic rings. The predicted octanol–water partition coefficient (Wildman–Crippen LogP) is 2.70. The molecular weight excluding hydrogens is 284 g/mol. The van der Waals surface area contributed by atoms with Crippen LogP contribution < -0.4 is 5.32 Å². The highest BCUT2D eigenvalue weighted by Gasteiger charge is 2.52. The highest BCUT2D eigenvalue weighted by atomic mass is 32.2. The molecule has 1 aromatic rings. The van der Waals surface area contributed by atoms with Crippen molar-refractivity contribution in [3.63, 3.8) is 0 Å². The Labute approximate surface area is 129 Å². The van der Waals surface area contributed by atoms with Crippen molar-refractivity contribution < 1.29 is 9.59 Å². The predicted molar refractivity (Wildman–Crippen MR) is 85.3 cm³/mol. The van der Waals surface area contributed by atoms with Gasteiger partial charge in [-0.3, -0.25) is 9.59 Å². The Kier molecular flexibility index (Phi) is 3.48. The van der Waals surface area contributed by atoms with Gasteiger partial charge in [-0.15, -0.1) is 11.8 Å². The lowest BCUT2D eigenvalue weighted by Gasteiger charge is -2.30. The summed E-state index contributed by atoms with van der Waals surface area (Å²) in [7, 11) is 0. The average Bonchev–Trinajstić information content (AvgIpc) is 2.92. The van der Waals surface area contributed by atoms with Gasteiger partial charge in [0.2, 0.25) is 11.8 Å². The minimum Gasteiger partial charge on any atom is -0.324 e. The zero-order valence-electron chi connectivity index (χ0n) is 12.6. The summed E-state index contributed by atoms with van der Waals surface area (Å²) in [5.74, 6) is 0.706. The van der Waals surface area contributed by atoms with Gasteiger partial charge in [-0.25, -0.2) is 0 Å². The number of carbonyl (C=O) groups excluding carboxylic acids is 2. The van der Waals surface area contributed by atoms with E-state index in [9.17, 15) is 9.59 Å². The van der Waals surface area contributed by atoms with Crippen LogP contribution >= 0.6 is 11.8 Å². The molecule has 3 rings (SSSR count). The van der Waals surface area contributed by atoms with E-state index in [0.717, 1.165) is 23.2 Å². The topological polar surface area (TPSA) is 49.4 Å². The van der Waals surface area contributed by atoms with E-state index in [2.05, 4.69) is 12.2 Å². The van der Waals surface area contributed by atoms with Gasteiger partial charge in [0.15, 0.2) is 0 Å². The van der Waals surface area contributed by atoms with E-state index in [0.29, 0.717) is 12.2 Å². The van der Waals surface area contributed by atoms with E-state index >= 15 is 0 Å². The third-order valence-electron chi connectivity index (χ3n) is 4.61. The fourth-order valence-electron chi connectivity index (χ4n) is 3.12. The van der Waals surface area contributed by atoms with E-state index in [1.165, 1.54) is 0 Å². The molecule has 0 spiro atoms. The van der Waals surface area contributed by atoms with E-state index in [-0.39, 0.29) is 22.7 Å². The summed E-state index contributed by atoms with van der Waals surface area (Å²) in [5, 5.41) is 3.00. The number of nitrogens with one attached hydrogen (secondary N) is 1. The third kappa shape index (κ3) is 2.33. The van der Waals surface area contributed by atoms with Crippen molar-refractivity contribution in [2.75, 3.05) is 11.1 Å². The van der Waals surface area contributed by atoms with Crippen LogP contribution in [0.2, 0.25) is 0 Å². The van der Waals surface area contributed by atoms with Crippen molar-refractivity contribution in [2.24, 2.45) is 0 Å². The highest BCUT2D eigenvalue weighted by molar-refractivity contribution is 8.01. The number of benzene rings is 1. The molecule has 0 aromatic heterocycles. The summed E-state index contributed by atoms with van der Waals surface area (Å²) >= 11 is 1.72. The first-order valence-corrected chi connectivity index (χ1v) is 8.24. The number of aryl methyl sites for hydroxylation is 1. The van der Waals surface area contributed by atoms with Gasteiger partial charge in [-0.1, -0.05) is 12.1 Å². The molecule has 0 radical (unpaired) electrons. The van der Waals surface area contributed by atoms with E-state index in [1.807, 2.05) is 32.0 Å². The van der Waals surface area contributed by atoms with Crippen LogP contribution in [0.3, 0.4) is 0 Å². The molecule has 0 bridgehead atoms. The second-order valence-corrected chi connectivity index (χ2v) is 7.50. The minimum atomic E-state index is -0.352. The second-order valence-electron chi connectivity index (χ2n) is 6.00. The van der Waals surface area contributed by atoms with Crippen LogP contribution in [0.25, 0.3) is 0 Å². The first-order valence-electron chi connectivity index (χ1n) is 7.25. The smallest absolute Gasteiger partial charge is 0.248 e. The molecular formula is C16H20N2O2S. The summed E-state index contributed by atoms with van der Waals surface area (Å²) < 4.78 is 0. The largest absolute Gasteiger partial charge is 0.324 e. The molecule has 2 saturated heterocycles. The summed E-state index contributed by atoms with van der Waals surface area (Å²) in [5.41, 5.74) is 3.06. The van der Waals surface area contributed by atoms with Crippen LogP contribution in [-0.2, 0) is 9.59 Å². The SMILES string of the molecule is Cc1cccc(NC(=O)[C@H]2CS[C@@]3(C)CCC(=O)N23)c1C. The molecule has 2 heterocycles. The van der Waals surface area contributed by atoms with Crippen LogP contribution in [-0.4, -0.2) is 33.4 Å². The minimum absolute atomic E-state index is 0.0739. The maximum Gasteiger partial charge on any atom is 0.248 e. The zero-order chi connectivity index (χ0) is 15.2. The van der Waals surface area contributed by atoms with Gasteiger partial charge < -0.3 is 10.2 Å². The van der Waals surface area contributed by atoms with Gasteiger partial charge in [-0.05, 0) is 44.4 Å². The number of anilines is 1. The number of thioether (sulfide) groups is 1. The second kappa shape index (κ2) is 5.05. The van der Waals surface area contributed by atoms with Gasteiger partial charge in [0.1, 0.15) is 6.04 Å². The standard InChI is InChI=1S/C16H20N2O2S/c1-10-5-4-6-12(11(10)2)17-15(20)13-9-21-16(3)8-7-14(19)18(13)16/h4-6,13H,7-9H2,1-3H3,(H,17,20)/t13-,16+/m1/s1. The van der Waals surface area contributed by atoms with Gasteiger partial charge in [0, 0.05) is 17.9 Å². The molecule has 4 nitrogen and oxygen atoms in total. The van der Waals surface area contributed by atoms with Crippen molar-refractivity contribution in [3.8, 4) is 0 Å². The lowest BCUT2D eigenvalue weighted by Crippen LogP contribution is -2.48. The van der Waals surface area contributed by atoms with Crippen LogP contribution in [0.1, 0.15) is 30.9 Å². The van der Waals surface area contributed by atoms with Crippen LogP contribution in [0.5, 0.6) is 0 Å². The fourth-order valence-corrected chi connectivity index (χ4v) is 4.55. The summed E-state index contributed by atoms with van der Waals surface area (Å²) in [4.78, 5) is 26.3. The van der Waals surface area contributed by atoms with E-state index < -0.39 is 0 Å². The van der Waals surface area contributed by atoms with Gasteiger partial charge in [-0.2, -0.15) is 0 Å². The summed E-state index contributed by atoms with van der Waals surface area (Å²) in [6, 6.07) is 5.52. The quantitative estimate of drug-likeness (QED) is 0.914. The molecule has 2 atom stereocenters. The molecule has 1 aromatic carbocycles. The number of rotatable bonds is 2. The van der Waals surface area contributed by atoms with E-state index in [4.69, 9.17) is 0 Å². The monoisotopic (exact) mass is 304 g/mol. The summed E-state index contributed by atoms with van der Waals surface area (Å²) in [6.07, 6.45) is 1.39. The fraction of sp³-hybridized carbons (Fsp3) is 0.500. The number of amides is 2. The molecule has 112 valence electrons. The Morgan fingerprint density at radius 2 is 2.19 bits per heavy atom. The van der Waals surface area contributed by atoms with Crippen molar-refractivity contribution >= 4 is 29.3 Å². The number of hydrogen-bond donors (Lipinski definition) is 1. The zero-order valence-corrected chi connectivity index (χ0v) is 13.4. The normalized spacial score (nSPS) is 27.9. The van der Waals surface area contributed by atoms with Crippen molar-refractivity contribution in [2.45, 2.75) is 44.5 Å². The lowest BCUT2D eigenvalue weighted by atomic mass is 10.1. The average molecular weight is 304 g/mol. The number of hydrogen-bond acceptors (Lipinski definition) is 3. The molecule has 2 amide bonds. The van der Waals surface area contributed by atoms with Crippen molar-refractivity contribution in [1.82, 2.24) is 4.90 Å². The Bertz CT molecular complexity index is 616. The summed E-state index contributed by atoms with van der Waals surface area (Å²) in [6.45, 7) is 6.09. The van der Waals surface area contributed by atoms with Gasteiger partial charge >= 0.3 is 0 Å². The first-order chi connectivity index (χ1) is 9.92. The van der Waals surface area contributed by atoms with Gasteiger partial charge in [0.05, 0.1) is 4.87 Å². The number of fused-ring (bicyclic) bond motifs is 1. The first kappa shape index (κ1) is 14.4. The molecule has 0 saturated carbocycles. The third-order valence-corrected chi connectivity index (χ3v) is 6.12. The molecule has 5 heteroatoms. The molecule has 2 aliphatic heterocycles. The molecule has 1 N–H and O–H groups in total. The maximum atomic E-state index is 12.6. The molecule has 0 unspecified atom stereocenters. The number of carbonyl (C=O) groups is 2.